The van der Waals surface area contributed by atoms with Crippen molar-refractivity contribution >= 4 is 24.0 Å². The first-order chi connectivity index (χ1) is 8.12. The monoisotopic (exact) mass is 319 g/mol. The first-order valence-electron chi connectivity index (χ1n) is 5.44. The molecule has 0 saturated heterocycles. The highest BCUT2D eigenvalue weighted by Gasteiger charge is 2.33. The van der Waals surface area contributed by atoms with Crippen molar-refractivity contribution in [1.29, 1.82) is 0 Å². The van der Waals surface area contributed by atoms with Gasteiger partial charge in [-0.15, -0.1) is 12.4 Å². The van der Waals surface area contributed by atoms with E-state index >= 15 is 0 Å². The molecule has 0 aliphatic carbocycles. The molecule has 1 nitrogen and oxygen atoms in total. The Balaban J connectivity index is 0.00000324. The fourth-order valence-corrected chi connectivity index (χ4v) is 1.91. The summed E-state index contributed by atoms with van der Waals surface area (Å²) in [4.78, 5) is 0. The molecule has 7 heteroatoms. The molecular weight excluding hydrogens is 305 g/mol. The number of hydrogen-bond donors (Lipinski definition) is 1. The molecule has 0 fully saturated rings. The van der Waals surface area contributed by atoms with Crippen LogP contribution in [0.1, 0.15) is 37.4 Å². The number of hydrogen-bond acceptors (Lipinski definition) is 1. The molecule has 1 rings (SSSR count). The third-order valence-corrected chi connectivity index (χ3v) is 2.78. The van der Waals surface area contributed by atoms with Gasteiger partial charge in [0.25, 0.3) is 0 Å². The molecule has 0 heterocycles. The van der Waals surface area contributed by atoms with Crippen LogP contribution in [0.25, 0.3) is 0 Å². The number of alkyl halides is 3. The van der Waals surface area contributed by atoms with Gasteiger partial charge in [0.1, 0.15) is 5.82 Å². The Labute approximate surface area is 120 Å². The fourth-order valence-electron chi connectivity index (χ4n) is 1.68. The summed E-state index contributed by atoms with van der Waals surface area (Å²) in [5.74, 6) is -0.731. The lowest BCUT2D eigenvalue weighted by atomic mass is 9.96. The quantitative estimate of drug-likeness (QED) is 0.782. The molecule has 0 aromatic heterocycles. The average molecular weight is 320 g/mol. The molecule has 110 valence electrons. The lowest BCUT2D eigenvalue weighted by molar-refractivity contribution is -0.137. The molecule has 0 amide bonds. The minimum atomic E-state index is -4.57. The highest BCUT2D eigenvalue weighted by Crippen LogP contribution is 2.35. The van der Waals surface area contributed by atoms with Gasteiger partial charge in [-0.3, -0.25) is 0 Å². The minimum absolute atomic E-state index is 0. The summed E-state index contributed by atoms with van der Waals surface area (Å²) in [5.41, 5.74) is 4.54. The van der Waals surface area contributed by atoms with Crippen LogP contribution in [-0.4, -0.2) is 0 Å². The predicted molar refractivity (Wildman–Crippen MR) is 70.0 cm³/mol. The van der Waals surface area contributed by atoms with Crippen LogP contribution in [0.15, 0.2) is 12.1 Å². The fraction of sp³-hybridized carbons (Fsp3) is 0.500. The van der Waals surface area contributed by atoms with Gasteiger partial charge in [-0.05, 0) is 24.5 Å². The summed E-state index contributed by atoms with van der Waals surface area (Å²) < 4.78 is 51.4. The van der Waals surface area contributed by atoms with Crippen molar-refractivity contribution in [2.24, 2.45) is 11.7 Å². The van der Waals surface area contributed by atoms with Gasteiger partial charge in [-0.2, -0.15) is 13.2 Å². The summed E-state index contributed by atoms with van der Waals surface area (Å²) in [5, 5.41) is -0.556. The SMILES string of the molecule is CC(C)C[C@@H](N)c1cc(C(F)(F)F)cc(Cl)c1F.Cl. The molecular formula is C12H15Cl2F4N. The van der Waals surface area contributed by atoms with Crippen LogP contribution in [0.2, 0.25) is 5.02 Å². The first kappa shape index (κ1) is 18.5. The molecule has 0 aliphatic heterocycles. The van der Waals surface area contributed by atoms with Gasteiger partial charge >= 0.3 is 6.18 Å². The summed E-state index contributed by atoms with van der Waals surface area (Å²) >= 11 is 5.48. The molecule has 0 spiro atoms. The van der Waals surface area contributed by atoms with Gasteiger partial charge in [0.15, 0.2) is 0 Å². The molecule has 19 heavy (non-hydrogen) atoms. The molecule has 1 atom stereocenters. The number of nitrogens with two attached hydrogens (primary N) is 1. The first-order valence-corrected chi connectivity index (χ1v) is 5.82. The zero-order chi connectivity index (χ0) is 14.1. The lowest BCUT2D eigenvalue weighted by Gasteiger charge is -2.18. The maximum absolute atomic E-state index is 13.7. The largest absolute Gasteiger partial charge is 0.416 e. The number of benzene rings is 1. The number of rotatable bonds is 3. The number of halogens is 6. The van der Waals surface area contributed by atoms with E-state index in [4.69, 9.17) is 17.3 Å². The van der Waals surface area contributed by atoms with Crippen LogP contribution >= 0.6 is 24.0 Å². The van der Waals surface area contributed by atoms with Gasteiger partial charge in [0, 0.05) is 11.6 Å². The molecule has 0 aliphatic rings. The Hall–Kier alpha value is -0.520. The van der Waals surface area contributed by atoms with E-state index in [0.29, 0.717) is 12.5 Å². The smallest absolute Gasteiger partial charge is 0.324 e. The van der Waals surface area contributed by atoms with Crippen molar-refractivity contribution in [3.63, 3.8) is 0 Å². The Morgan fingerprint density at radius 3 is 2.21 bits per heavy atom. The van der Waals surface area contributed by atoms with Crippen LogP contribution in [0.3, 0.4) is 0 Å². The third kappa shape index (κ3) is 4.82. The third-order valence-electron chi connectivity index (χ3n) is 2.51. The van der Waals surface area contributed by atoms with Crippen LogP contribution < -0.4 is 5.73 Å². The van der Waals surface area contributed by atoms with E-state index < -0.39 is 28.6 Å². The second-order valence-corrected chi connectivity index (χ2v) is 5.00. The van der Waals surface area contributed by atoms with Crippen LogP contribution in [0.4, 0.5) is 17.6 Å². The second kappa shape index (κ2) is 6.77. The van der Waals surface area contributed by atoms with E-state index in [1.165, 1.54) is 0 Å². The topological polar surface area (TPSA) is 26.0 Å². The Bertz CT molecular complexity index is 432. The van der Waals surface area contributed by atoms with Crippen molar-refractivity contribution in [2.75, 3.05) is 0 Å². The normalized spacial score (nSPS) is 13.3. The maximum atomic E-state index is 13.7. The summed E-state index contributed by atoms with van der Waals surface area (Å²) in [6, 6.07) is 0.501. The van der Waals surface area contributed by atoms with Crippen molar-refractivity contribution in [1.82, 2.24) is 0 Å². The van der Waals surface area contributed by atoms with E-state index in [0.717, 1.165) is 6.07 Å². The lowest BCUT2D eigenvalue weighted by Crippen LogP contribution is -2.16. The Morgan fingerprint density at radius 2 is 1.79 bits per heavy atom. The van der Waals surface area contributed by atoms with Crippen LogP contribution in [-0.2, 0) is 6.18 Å². The summed E-state index contributed by atoms with van der Waals surface area (Å²) in [7, 11) is 0. The molecule has 2 N–H and O–H groups in total. The van der Waals surface area contributed by atoms with Gasteiger partial charge in [0.05, 0.1) is 10.6 Å². The van der Waals surface area contributed by atoms with Crippen molar-refractivity contribution in [3.05, 3.63) is 34.1 Å². The molecule has 0 unspecified atom stereocenters. The van der Waals surface area contributed by atoms with Gasteiger partial charge in [-0.1, -0.05) is 25.4 Å². The highest BCUT2D eigenvalue weighted by atomic mass is 35.5. The van der Waals surface area contributed by atoms with E-state index in [1.54, 1.807) is 0 Å². The molecule has 1 aromatic rings. The van der Waals surface area contributed by atoms with E-state index in [9.17, 15) is 17.6 Å². The van der Waals surface area contributed by atoms with Gasteiger partial charge in [-0.25, -0.2) is 4.39 Å². The average Bonchev–Trinajstić information content (AvgIpc) is 2.18. The van der Waals surface area contributed by atoms with Crippen molar-refractivity contribution in [3.8, 4) is 0 Å². The van der Waals surface area contributed by atoms with Crippen molar-refractivity contribution < 1.29 is 17.6 Å². The predicted octanol–water partition coefficient (Wildman–Crippen LogP) is 4.97. The molecule has 1 aromatic carbocycles. The summed E-state index contributed by atoms with van der Waals surface area (Å²) in [6.45, 7) is 3.71. The van der Waals surface area contributed by atoms with Gasteiger partial charge in [0.2, 0.25) is 0 Å². The van der Waals surface area contributed by atoms with Crippen LogP contribution in [0, 0.1) is 11.7 Å². The van der Waals surface area contributed by atoms with Crippen molar-refractivity contribution in [2.45, 2.75) is 32.5 Å². The zero-order valence-corrected chi connectivity index (χ0v) is 12.0. The standard InChI is InChI=1S/C12H14ClF4N.ClH/c1-6(2)3-10(18)8-4-7(12(15,16)17)5-9(13)11(8)14;/h4-6,10H,3,18H2,1-2H3;1H/t10-;/m1./s1. The van der Waals surface area contributed by atoms with E-state index in [2.05, 4.69) is 0 Å². The summed E-state index contributed by atoms with van der Waals surface area (Å²) in [6.07, 6.45) is -4.18. The Kier molecular flexibility index (Phi) is 6.59. The van der Waals surface area contributed by atoms with Crippen LogP contribution in [0.5, 0.6) is 0 Å². The molecule has 0 radical (unpaired) electrons. The highest BCUT2D eigenvalue weighted by molar-refractivity contribution is 6.30. The second-order valence-electron chi connectivity index (χ2n) is 4.60. The molecule has 0 bridgehead atoms. The maximum Gasteiger partial charge on any atom is 0.416 e. The minimum Gasteiger partial charge on any atom is -0.324 e. The van der Waals surface area contributed by atoms with E-state index in [-0.39, 0.29) is 23.9 Å². The zero-order valence-electron chi connectivity index (χ0n) is 10.4. The van der Waals surface area contributed by atoms with Gasteiger partial charge < -0.3 is 5.73 Å². The van der Waals surface area contributed by atoms with E-state index in [1.807, 2.05) is 13.8 Å². The Morgan fingerprint density at radius 1 is 1.26 bits per heavy atom. The molecule has 0 saturated carbocycles.